The number of esters is 1. The van der Waals surface area contributed by atoms with Crippen molar-refractivity contribution in [1.82, 2.24) is 30.2 Å². The van der Waals surface area contributed by atoms with Crippen molar-refractivity contribution in [1.29, 1.82) is 0 Å². The van der Waals surface area contributed by atoms with Crippen molar-refractivity contribution in [3.63, 3.8) is 0 Å². The van der Waals surface area contributed by atoms with Gasteiger partial charge in [-0.1, -0.05) is 35.0 Å². The molecule has 2 aromatic heterocycles. The van der Waals surface area contributed by atoms with E-state index in [0.29, 0.717) is 37.5 Å². The molecule has 10 heteroatoms. The van der Waals surface area contributed by atoms with Gasteiger partial charge in [-0.05, 0) is 49.6 Å². The lowest BCUT2D eigenvalue weighted by molar-refractivity contribution is -0.125. The second-order valence-corrected chi connectivity index (χ2v) is 8.79. The normalized spacial score (nSPS) is 18.1. The van der Waals surface area contributed by atoms with Crippen LogP contribution < -0.4 is 5.32 Å². The summed E-state index contributed by atoms with van der Waals surface area (Å²) in [6, 6.07) is 13.0. The van der Waals surface area contributed by atoms with Crippen molar-refractivity contribution in [3.05, 3.63) is 76.3 Å². The molecule has 0 spiro atoms. The molecule has 0 radical (unpaired) electrons. The number of pyridine rings is 1. The molecule has 1 amide bonds. The third-order valence-electron chi connectivity index (χ3n) is 5.88. The molecule has 0 saturated carbocycles. The Bertz CT molecular complexity index is 1170. The van der Waals surface area contributed by atoms with Gasteiger partial charge in [-0.2, -0.15) is 0 Å². The van der Waals surface area contributed by atoms with Gasteiger partial charge in [-0.15, -0.1) is 5.10 Å². The summed E-state index contributed by atoms with van der Waals surface area (Å²) in [7, 11) is 1.30. The number of hydrogen-bond donors (Lipinski definition) is 1. The molecule has 34 heavy (non-hydrogen) atoms. The molecule has 0 aliphatic carbocycles. The fourth-order valence-corrected chi connectivity index (χ4v) is 4.42. The summed E-state index contributed by atoms with van der Waals surface area (Å²) < 4.78 is 6.37. The first-order valence-corrected chi connectivity index (χ1v) is 11.5. The molecular weight excluding hydrogens is 456 g/mol. The molecule has 3 heterocycles. The lowest BCUT2D eigenvalue weighted by Gasteiger charge is -2.23. The Morgan fingerprint density at radius 1 is 1.24 bits per heavy atom. The van der Waals surface area contributed by atoms with Crippen molar-refractivity contribution in [2.75, 3.05) is 20.2 Å². The number of halogens is 1. The fraction of sp³-hybridized carbons (Fsp3) is 0.375. The monoisotopic (exact) mass is 482 g/mol. The summed E-state index contributed by atoms with van der Waals surface area (Å²) >= 11 is 6.06. The van der Waals surface area contributed by atoms with Gasteiger partial charge in [0.15, 0.2) is 5.69 Å². The maximum atomic E-state index is 13.2. The van der Waals surface area contributed by atoms with E-state index in [1.807, 2.05) is 49.4 Å². The van der Waals surface area contributed by atoms with Crippen LogP contribution in [-0.4, -0.2) is 63.0 Å². The van der Waals surface area contributed by atoms with Gasteiger partial charge in [0.2, 0.25) is 5.91 Å². The lowest BCUT2D eigenvalue weighted by atomic mass is 10.1. The van der Waals surface area contributed by atoms with Gasteiger partial charge in [0, 0.05) is 30.4 Å². The quantitative estimate of drug-likeness (QED) is 0.492. The minimum Gasteiger partial charge on any atom is -0.464 e. The summed E-state index contributed by atoms with van der Waals surface area (Å²) in [4.78, 5) is 31.7. The molecule has 1 fully saturated rings. The summed E-state index contributed by atoms with van der Waals surface area (Å²) in [5, 5.41) is 11.8. The Hall–Kier alpha value is -3.30. The molecule has 1 aliphatic heterocycles. The first-order chi connectivity index (χ1) is 16.4. The van der Waals surface area contributed by atoms with Crippen LogP contribution in [0.3, 0.4) is 0 Å². The smallest absolute Gasteiger partial charge is 0.360 e. The zero-order valence-electron chi connectivity index (χ0n) is 19.1. The van der Waals surface area contributed by atoms with E-state index in [1.165, 1.54) is 7.11 Å². The summed E-state index contributed by atoms with van der Waals surface area (Å²) in [6.07, 6.45) is 2.80. The lowest BCUT2D eigenvalue weighted by Crippen LogP contribution is -2.43. The molecule has 1 N–H and O–H groups in total. The Morgan fingerprint density at radius 3 is 2.82 bits per heavy atom. The van der Waals surface area contributed by atoms with Gasteiger partial charge in [-0.3, -0.25) is 14.7 Å². The van der Waals surface area contributed by atoms with Crippen LogP contribution in [-0.2, 0) is 22.5 Å². The third-order valence-corrected chi connectivity index (χ3v) is 6.11. The Morgan fingerprint density at radius 2 is 2.06 bits per heavy atom. The van der Waals surface area contributed by atoms with E-state index in [1.54, 1.807) is 10.9 Å². The van der Waals surface area contributed by atoms with Gasteiger partial charge in [0.25, 0.3) is 0 Å². The average Bonchev–Trinajstić information content (AvgIpc) is 3.46. The van der Waals surface area contributed by atoms with Gasteiger partial charge >= 0.3 is 5.97 Å². The second kappa shape index (κ2) is 10.8. The number of carbonyl (C=O) groups is 2. The van der Waals surface area contributed by atoms with Gasteiger partial charge < -0.3 is 10.1 Å². The van der Waals surface area contributed by atoms with Gasteiger partial charge in [-0.25, -0.2) is 9.48 Å². The molecule has 0 unspecified atom stereocenters. The molecule has 178 valence electrons. The Labute approximate surface area is 203 Å². The highest BCUT2D eigenvalue weighted by Gasteiger charge is 2.38. The van der Waals surface area contributed by atoms with E-state index >= 15 is 0 Å². The number of amides is 1. The van der Waals surface area contributed by atoms with E-state index in [0.717, 1.165) is 17.0 Å². The molecule has 9 nitrogen and oxygen atoms in total. The number of nitrogens with zero attached hydrogens (tertiary/aromatic N) is 5. The average molecular weight is 483 g/mol. The van der Waals surface area contributed by atoms with Crippen LogP contribution in [0.2, 0.25) is 5.02 Å². The summed E-state index contributed by atoms with van der Waals surface area (Å²) in [5.74, 6) is -0.592. The van der Waals surface area contributed by atoms with Crippen LogP contribution in [0.1, 0.15) is 39.9 Å². The minimum absolute atomic E-state index is 0.0505. The number of rotatable bonds is 8. The largest absolute Gasteiger partial charge is 0.464 e. The number of hydrogen-bond acceptors (Lipinski definition) is 7. The molecule has 1 saturated heterocycles. The predicted molar refractivity (Wildman–Crippen MR) is 126 cm³/mol. The Kier molecular flexibility index (Phi) is 7.54. The second-order valence-electron chi connectivity index (χ2n) is 8.35. The number of benzene rings is 1. The third kappa shape index (κ3) is 5.78. The molecule has 3 aromatic rings. The molecule has 1 aliphatic rings. The van der Waals surface area contributed by atoms with Crippen molar-refractivity contribution in [2.45, 2.75) is 38.4 Å². The topological polar surface area (TPSA) is 102 Å². The van der Waals surface area contributed by atoms with Crippen LogP contribution in [0.5, 0.6) is 0 Å². The summed E-state index contributed by atoms with van der Waals surface area (Å²) in [5.41, 5.74) is 3.03. The van der Waals surface area contributed by atoms with E-state index in [9.17, 15) is 9.59 Å². The highest BCUT2D eigenvalue weighted by molar-refractivity contribution is 6.30. The van der Waals surface area contributed by atoms with Crippen molar-refractivity contribution >= 4 is 23.5 Å². The van der Waals surface area contributed by atoms with Crippen LogP contribution in [0.25, 0.3) is 0 Å². The molecule has 1 aromatic carbocycles. The van der Waals surface area contributed by atoms with Crippen LogP contribution >= 0.6 is 11.6 Å². The number of nitrogens with one attached hydrogen (secondary N) is 1. The Balaban J connectivity index is 1.46. The maximum absolute atomic E-state index is 13.2. The zero-order chi connectivity index (χ0) is 24.1. The van der Waals surface area contributed by atoms with Gasteiger partial charge in [0.05, 0.1) is 31.1 Å². The van der Waals surface area contributed by atoms with Crippen molar-refractivity contribution in [3.8, 4) is 0 Å². The number of aryl methyl sites for hydroxylation is 1. The predicted octanol–water partition coefficient (Wildman–Crippen LogP) is 2.60. The van der Waals surface area contributed by atoms with Crippen molar-refractivity contribution < 1.29 is 14.3 Å². The van der Waals surface area contributed by atoms with E-state index in [4.69, 9.17) is 16.3 Å². The molecule has 2 atom stereocenters. The van der Waals surface area contributed by atoms with Gasteiger partial charge in [0.1, 0.15) is 0 Å². The first-order valence-electron chi connectivity index (χ1n) is 11.1. The molecule has 0 bridgehead atoms. The SMILES string of the molecule is COC(=O)c1cn([C@@H]2C[C@@H](C(=O)NCCc3cccc(Cl)c3)N(Cc3cccc(C)n3)C2)nn1. The molecular formula is C24H27ClN6O3. The van der Waals surface area contributed by atoms with Crippen LogP contribution in [0, 0.1) is 6.92 Å². The van der Waals surface area contributed by atoms with Crippen LogP contribution in [0.4, 0.5) is 0 Å². The van der Waals surface area contributed by atoms with E-state index in [-0.39, 0.29) is 23.7 Å². The highest BCUT2D eigenvalue weighted by Crippen LogP contribution is 2.28. The number of likely N-dealkylation sites (tertiary alicyclic amines) is 1. The van der Waals surface area contributed by atoms with E-state index < -0.39 is 5.97 Å². The maximum Gasteiger partial charge on any atom is 0.360 e. The number of aromatic nitrogens is 4. The zero-order valence-corrected chi connectivity index (χ0v) is 19.9. The number of methoxy groups -OCH3 is 1. The standard InChI is InChI=1S/C24H27ClN6O3/c1-16-5-3-8-19(27-16)13-30-14-20(31-15-21(28-29-31)24(33)34-2)12-22(30)23(32)26-10-9-17-6-4-7-18(25)11-17/h3-8,11,15,20,22H,9-10,12-14H2,1-2H3,(H,26,32)/t20-,22+/m1/s1. The highest BCUT2D eigenvalue weighted by atomic mass is 35.5. The molecule has 4 rings (SSSR count). The van der Waals surface area contributed by atoms with Crippen LogP contribution in [0.15, 0.2) is 48.7 Å². The summed E-state index contributed by atoms with van der Waals surface area (Å²) in [6.45, 7) is 3.56. The minimum atomic E-state index is -0.541. The fourth-order valence-electron chi connectivity index (χ4n) is 4.21. The number of ether oxygens (including phenoxy) is 1. The van der Waals surface area contributed by atoms with Crippen molar-refractivity contribution in [2.24, 2.45) is 0 Å². The first kappa shape index (κ1) is 23.8. The van der Waals surface area contributed by atoms with E-state index in [2.05, 4.69) is 25.5 Å². The number of carbonyl (C=O) groups excluding carboxylic acids is 2.